The van der Waals surface area contributed by atoms with E-state index in [0.717, 1.165) is 5.56 Å². The molecule has 0 unspecified atom stereocenters. The van der Waals surface area contributed by atoms with Crippen LogP contribution in [-0.2, 0) is 0 Å². The maximum Gasteiger partial charge on any atom is 0.177 e. The number of benzene rings is 2. The molecular formula is C15H9Cl3N2O. The molecule has 0 atom stereocenters. The molecule has 1 heterocycles. The second-order valence-electron chi connectivity index (χ2n) is 4.38. The summed E-state index contributed by atoms with van der Waals surface area (Å²) in [7, 11) is 0. The van der Waals surface area contributed by atoms with Gasteiger partial charge < -0.3 is 10.3 Å². The summed E-state index contributed by atoms with van der Waals surface area (Å²) in [6.45, 7) is 0. The van der Waals surface area contributed by atoms with Gasteiger partial charge in [-0.3, -0.25) is 0 Å². The van der Waals surface area contributed by atoms with Crippen molar-refractivity contribution in [2.75, 3.05) is 5.73 Å². The van der Waals surface area contributed by atoms with Crippen molar-refractivity contribution in [1.29, 1.82) is 0 Å². The first-order valence-electron chi connectivity index (χ1n) is 6.03. The fourth-order valence-electron chi connectivity index (χ4n) is 2.08. The Balaban J connectivity index is 2.25. The molecule has 0 aliphatic heterocycles. The highest BCUT2D eigenvalue weighted by molar-refractivity contribution is 6.39. The standard InChI is InChI=1S/C15H9Cl3N2O/c16-9-6-4-8(5-7-9)14-13(15(19)20-21-14)12-10(17)2-1-3-11(12)18/h1-7H,(H2,19,20). The molecule has 0 saturated carbocycles. The minimum atomic E-state index is 0.231. The van der Waals surface area contributed by atoms with Crippen LogP contribution >= 0.6 is 34.8 Å². The Labute approximate surface area is 136 Å². The van der Waals surface area contributed by atoms with E-state index in [1.54, 1.807) is 30.3 Å². The first kappa shape index (κ1) is 14.3. The molecule has 0 amide bonds. The largest absolute Gasteiger partial charge is 0.380 e. The number of nitrogens with zero attached hydrogens (tertiary/aromatic N) is 1. The van der Waals surface area contributed by atoms with Crippen molar-refractivity contribution in [2.45, 2.75) is 0 Å². The molecule has 1 aromatic heterocycles. The summed E-state index contributed by atoms with van der Waals surface area (Å²) in [5.74, 6) is 0.731. The van der Waals surface area contributed by atoms with E-state index in [1.165, 1.54) is 0 Å². The quantitative estimate of drug-likeness (QED) is 0.666. The maximum atomic E-state index is 6.25. The Morgan fingerprint density at radius 2 is 1.48 bits per heavy atom. The topological polar surface area (TPSA) is 52.0 Å². The molecule has 6 heteroatoms. The van der Waals surface area contributed by atoms with E-state index in [1.807, 2.05) is 12.1 Å². The third-order valence-corrected chi connectivity index (χ3v) is 3.92. The van der Waals surface area contributed by atoms with Crippen molar-refractivity contribution in [3.05, 3.63) is 57.5 Å². The lowest BCUT2D eigenvalue weighted by molar-refractivity contribution is 0.436. The van der Waals surface area contributed by atoms with E-state index < -0.39 is 0 Å². The summed E-state index contributed by atoms with van der Waals surface area (Å²) in [6, 6.07) is 12.4. The third kappa shape index (κ3) is 2.60. The van der Waals surface area contributed by atoms with Crippen molar-refractivity contribution in [2.24, 2.45) is 0 Å². The lowest BCUT2D eigenvalue weighted by Gasteiger charge is -2.07. The fraction of sp³-hybridized carbons (Fsp3) is 0. The number of anilines is 1. The highest BCUT2D eigenvalue weighted by Crippen LogP contribution is 2.43. The molecule has 0 saturated heterocycles. The summed E-state index contributed by atoms with van der Waals surface area (Å²) < 4.78 is 5.35. The monoisotopic (exact) mass is 338 g/mol. The molecule has 0 fully saturated rings. The van der Waals surface area contributed by atoms with Crippen LogP contribution in [0.2, 0.25) is 15.1 Å². The minimum absolute atomic E-state index is 0.231. The van der Waals surface area contributed by atoms with E-state index in [4.69, 9.17) is 45.1 Å². The molecule has 3 rings (SSSR count). The van der Waals surface area contributed by atoms with Crippen molar-refractivity contribution in [3.63, 3.8) is 0 Å². The van der Waals surface area contributed by atoms with Crippen molar-refractivity contribution in [3.8, 4) is 22.5 Å². The van der Waals surface area contributed by atoms with E-state index in [-0.39, 0.29) is 5.82 Å². The molecule has 0 aliphatic carbocycles. The molecule has 3 nitrogen and oxygen atoms in total. The molecule has 0 radical (unpaired) electrons. The average molecular weight is 340 g/mol. The summed E-state index contributed by atoms with van der Waals surface area (Å²) >= 11 is 18.4. The van der Waals surface area contributed by atoms with Gasteiger partial charge in [0.05, 0.1) is 15.6 Å². The molecule has 3 aromatic rings. The van der Waals surface area contributed by atoms with Crippen molar-refractivity contribution in [1.82, 2.24) is 5.16 Å². The van der Waals surface area contributed by atoms with Gasteiger partial charge in [-0.2, -0.15) is 0 Å². The summed E-state index contributed by atoms with van der Waals surface area (Å²) in [5.41, 5.74) is 7.90. The fourth-order valence-corrected chi connectivity index (χ4v) is 2.79. The van der Waals surface area contributed by atoms with Gasteiger partial charge in [-0.1, -0.05) is 46.0 Å². The maximum absolute atomic E-state index is 6.25. The predicted molar refractivity (Wildman–Crippen MR) is 86.8 cm³/mol. The van der Waals surface area contributed by atoms with Crippen molar-refractivity contribution >= 4 is 40.6 Å². The Morgan fingerprint density at radius 1 is 0.857 bits per heavy atom. The molecule has 2 N–H and O–H groups in total. The van der Waals surface area contributed by atoms with Crippen LogP contribution in [0.4, 0.5) is 5.82 Å². The number of halogens is 3. The Hall–Kier alpha value is -1.68. The van der Waals surface area contributed by atoms with Gasteiger partial charge in [0.1, 0.15) is 0 Å². The van der Waals surface area contributed by atoms with E-state index in [2.05, 4.69) is 5.16 Å². The van der Waals surface area contributed by atoms with Crippen LogP contribution < -0.4 is 5.73 Å². The predicted octanol–water partition coefficient (Wildman–Crippen LogP) is 5.55. The highest BCUT2D eigenvalue weighted by atomic mass is 35.5. The van der Waals surface area contributed by atoms with E-state index in [0.29, 0.717) is 32.0 Å². The van der Waals surface area contributed by atoms with Crippen molar-refractivity contribution < 1.29 is 4.52 Å². The average Bonchev–Trinajstić information content (AvgIpc) is 2.82. The van der Waals surface area contributed by atoms with Gasteiger partial charge in [0.15, 0.2) is 11.6 Å². The molecule has 0 spiro atoms. The van der Waals surface area contributed by atoms with Gasteiger partial charge in [-0.15, -0.1) is 0 Å². The number of nitrogen functional groups attached to an aromatic ring is 1. The molecule has 21 heavy (non-hydrogen) atoms. The van der Waals surface area contributed by atoms with Gasteiger partial charge in [-0.05, 0) is 36.4 Å². The van der Waals surface area contributed by atoms with Crippen LogP contribution in [0.5, 0.6) is 0 Å². The number of aromatic nitrogens is 1. The van der Waals surface area contributed by atoms with Crippen LogP contribution in [0.25, 0.3) is 22.5 Å². The van der Waals surface area contributed by atoms with E-state index >= 15 is 0 Å². The minimum Gasteiger partial charge on any atom is -0.380 e. The summed E-state index contributed by atoms with van der Waals surface area (Å²) in [6.07, 6.45) is 0. The zero-order valence-corrected chi connectivity index (χ0v) is 12.9. The van der Waals surface area contributed by atoms with Crippen LogP contribution in [0.1, 0.15) is 0 Å². The number of hydrogen-bond donors (Lipinski definition) is 1. The molecule has 0 bridgehead atoms. The molecule has 0 aliphatic rings. The summed E-state index contributed by atoms with van der Waals surface area (Å²) in [5, 5.41) is 5.41. The first-order valence-corrected chi connectivity index (χ1v) is 7.17. The van der Waals surface area contributed by atoms with Gasteiger partial charge in [0.25, 0.3) is 0 Å². The highest BCUT2D eigenvalue weighted by Gasteiger charge is 2.21. The Kier molecular flexibility index (Phi) is 3.81. The molecular weight excluding hydrogens is 331 g/mol. The second kappa shape index (κ2) is 5.60. The normalized spacial score (nSPS) is 10.8. The van der Waals surface area contributed by atoms with Gasteiger partial charge in [0.2, 0.25) is 0 Å². The molecule has 2 aromatic carbocycles. The lowest BCUT2D eigenvalue weighted by atomic mass is 10.0. The number of hydrogen-bond acceptors (Lipinski definition) is 3. The zero-order valence-electron chi connectivity index (χ0n) is 10.6. The van der Waals surface area contributed by atoms with Gasteiger partial charge >= 0.3 is 0 Å². The Bertz CT molecular complexity index is 777. The lowest BCUT2D eigenvalue weighted by Crippen LogP contribution is -1.90. The third-order valence-electron chi connectivity index (χ3n) is 3.04. The van der Waals surface area contributed by atoms with Gasteiger partial charge in [0, 0.05) is 16.1 Å². The Morgan fingerprint density at radius 3 is 2.10 bits per heavy atom. The van der Waals surface area contributed by atoms with Crippen LogP contribution in [0, 0.1) is 0 Å². The second-order valence-corrected chi connectivity index (χ2v) is 5.63. The summed E-state index contributed by atoms with van der Waals surface area (Å²) in [4.78, 5) is 0. The number of nitrogens with two attached hydrogens (primary N) is 1. The first-order chi connectivity index (χ1) is 10.1. The number of rotatable bonds is 2. The smallest absolute Gasteiger partial charge is 0.177 e. The van der Waals surface area contributed by atoms with E-state index in [9.17, 15) is 0 Å². The van der Waals surface area contributed by atoms with Gasteiger partial charge in [-0.25, -0.2) is 0 Å². The molecule has 106 valence electrons. The van der Waals surface area contributed by atoms with Crippen LogP contribution in [0.3, 0.4) is 0 Å². The SMILES string of the molecule is Nc1noc(-c2ccc(Cl)cc2)c1-c1c(Cl)cccc1Cl. The van der Waals surface area contributed by atoms with Crippen LogP contribution in [0.15, 0.2) is 47.0 Å². The van der Waals surface area contributed by atoms with Crippen LogP contribution in [-0.4, -0.2) is 5.16 Å². The zero-order chi connectivity index (χ0) is 15.0.